The van der Waals surface area contributed by atoms with Crippen LogP contribution in [0.3, 0.4) is 0 Å². The average Bonchev–Trinajstić information content (AvgIpc) is 3.19. The Morgan fingerprint density at radius 1 is 1.38 bits per heavy atom. The molecule has 0 unspecified atom stereocenters. The van der Waals surface area contributed by atoms with E-state index in [9.17, 15) is 9.90 Å². The first-order valence-corrected chi connectivity index (χ1v) is 7.07. The van der Waals surface area contributed by atoms with E-state index in [0.29, 0.717) is 12.2 Å². The quantitative estimate of drug-likeness (QED) is 0.904. The van der Waals surface area contributed by atoms with E-state index in [1.54, 1.807) is 15.8 Å². The maximum atomic E-state index is 12.4. The number of anilines is 1. The van der Waals surface area contributed by atoms with E-state index in [0.717, 1.165) is 18.5 Å². The van der Waals surface area contributed by atoms with E-state index in [4.69, 9.17) is 0 Å². The lowest BCUT2D eigenvalue weighted by Gasteiger charge is -2.24. The Bertz CT molecular complexity index is 612. The second-order valence-corrected chi connectivity index (χ2v) is 5.07. The van der Waals surface area contributed by atoms with E-state index in [2.05, 4.69) is 10.4 Å². The summed E-state index contributed by atoms with van der Waals surface area (Å²) in [6.07, 6.45) is 5.31. The van der Waals surface area contributed by atoms with E-state index in [1.807, 2.05) is 36.5 Å². The van der Waals surface area contributed by atoms with Crippen molar-refractivity contribution in [3.05, 3.63) is 42.7 Å². The molecule has 6 nitrogen and oxygen atoms in total. The summed E-state index contributed by atoms with van der Waals surface area (Å²) in [5.41, 5.74) is 1.52. The minimum absolute atomic E-state index is 0.00816. The van der Waals surface area contributed by atoms with Crippen LogP contribution in [0, 0.1) is 0 Å². The molecule has 2 amide bonds. The predicted molar refractivity (Wildman–Crippen MR) is 79.4 cm³/mol. The minimum atomic E-state index is -0.175. The van der Waals surface area contributed by atoms with Crippen LogP contribution >= 0.6 is 0 Å². The van der Waals surface area contributed by atoms with Crippen LogP contribution in [0.4, 0.5) is 10.5 Å². The number of nitrogens with one attached hydrogen (secondary N) is 1. The van der Waals surface area contributed by atoms with Crippen molar-refractivity contribution >= 4 is 11.7 Å². The van der Waals surface area contributed by atoms with Gasteiger partial charge < -0.3 is 15.3 Å². The molecule has 0 spiro atoms. The van der Waals surface area contributed by atoms with Gasteiger partial charge in [-0.2, -0.15) is 5.10 Å². The van der Waals surface area contributed by atoms with Crippen LogP contribution in [0.15, 0.2) is 42.7 Å². The number of amides is 2. The number of likely N-dealkylation sites (tertiary alicyclic amines) is 1. The van der Waals surface area contributed by atoms with Crippen LogP contribution in [0.2, 0.25) is 0 Å². The highest BCUT2D eigenvalue weighted by molar-refractivity contribution is 5.91. The van der Waals surface area contributed by atoms with E-state index in [1.165, 1.54) is 0 Å². The van der Waals surface area contributed by atoms with Crippen molar-refractivity contribution in [3.63, 3.8) is 0 Å². The van der Waals surface area contributed by atoms with Gasteiger partial charge in [0.05, 0.1) is 24.0 Å². The Labute approximate surface area is 123 Å². The second-order valence-electron chi connectivity index (χ2n) is 5.07. The molecule has 2 aromatic rings. The second kappa shape index (κ2) is 5.97. The smallest absolute Gasteiger partial charge is 0.322 e. The number of aromatic nitrogens is 2. The summed E-state index contributed by atoms with van der Waals surface area (Å²) in [5.74, 6) is 0. The van der Waals surface area contributed by atoms with Crippen LogP contribution in [0.5, 0.6) is 0 Å². The van der Waals surface area contributed by atoms with Crippen molar-refractivity contribution < 1.29 is 9.90 Å². The molecule has 1 saturated heterocycles. The number of aliphatic hydroxyl groups is 1. The zero-order chi connectivity index (χ0) is 14.7. The summed E-state index contributed by atoms with van der Waals surface area (Å²) in [5, 5.41) is 16.4. The molecule has 110 valence electrons. The normalized spacial score (nSPS) is 18.0. The van der Waals surface area contributed by atoms with E-state index in [-0.39, 0.29) is 18.7 Å². The lowest BCUT2D eigenvalue weighted by molar-refractivity contribution is 0.166. The maximum Gasteiger partial charge on any atom is 0.322 e. The highest BCUT2D eigenvalue weighted by atomic mass is 16.3. The topological polar surface area (TPSA) is 70.4 Å². The standard InChI is InChI=1S/C15H18N4O2/c20-11-12-5-3-9-18(12)15(21)17-13-6-1-2-7-14(13)19-10-4-8-16-19/h1-2,4,6-8,10,12,20H,3,5,9,11H2,(H,17,21)/t12-/m0/s1. The van der Waals surface area contributed by atoms with Gasteiger partial charge in [-0.25, -0.2) is 9.48 Å². The molecular weight excluding hydrogens is 268 g/mol. The number of hydrogen-bond acceptors (Lipinski definition) is 3. The number of carbonyl (C=O) groups excluding carboxylic acids is 1. The lowest BCUT2D eigenvalue weighted by atomic mass is 10.2. The van der Waals surface area contributed by atoms with E-state index < -0.39 is 0 Å². The third-order valence-electron chi connectivity index (χ3n) is 3.75. The fourth-order valence-electron chi connectivity index (χ4n) is 2.67. The van der Waals surface area contributed by atoms with Crippen LogP contribution in [-0.2, 0) is 0 Å². The number of carbonyl (C=O) groups is 1. The number of hydrogen-bond donors (Lipinski definition) is 2. The van der Waals surface area contributed by atoms with Gasteiger partial charge in [-0.05, 0) is 31.0 Å². The lowest BCUT2D eigenvalue weighted by Crippen LogP contribution is -2.40. The molecule has 1 aromatic carbocycles. The predicted octanol–water partition coefficient (Wildman–Crippen LogP) is 1.86. The van der Waals surface area contributed by atoms with Gasteiger partial charge in [0, 0.05) is 18.9 Å². The number of rotatable bonds is 3. The van der Waals surface area contributed by atoms with Crippen molar-refractivity contribution in [2.75, 3.05) is 18.5 Å². The van der Waals surface area contributed by atoms with Crippen molar-refractivity contribution in [3.8, 4) is 5.69 Å². The maximum absolute atomic E-state index is 12.4. The first-order valence-electron chi connectivity index (χ1n) is 7.07. The molecular formula is C15H18N4O2. The molecule has 1 atom stereocenters. The van der Waals surface area contributed by atoms with Gasteiger partial charge in [0.15, 0.2) is 0 Å². The fourth-order valence-corrected chi connectivity index (χ4v) is 2.67. The molecule has 3 rings (SSSR count). The van der Waals surface area contributed by atoms with Crippen LogP contribution in [0.25, 0.3) is 5.69 Å². The summed E-state index contributed by atoms with van der Waals surface area (Å²) in [7, 11) is 0. The summed E-state index contributed by atoms with van der Waals surface area (Å²) in [6, 6.07) is 9.10. The summed E-state index contributed by atoms with van der Waals surface area (Å²) < 4.78 is 1.71. The monoisotopic (exact) mass is 286 g/mol. The number of urea groups is 1. The highest BCUT2D eigenvalue weighted by Crippen LogP contribution is 2.22. The molecule has 0 radical (unpaired) electrons. The largest absolute Gasteiger partial charge is 0.394 e. The minimum Gasteiger partial charge on any atom is -0.394 e. The van der Waals surface area contributed by atoms with Crippen LogP contribution < -0.4 is 5.32 Å². The van der Waals surface area contributed by atoms with Crippen molar-refractivity contribution in [1.29, 1.82) is 0 Å². The molecule has 1 aromatic heterocycles. The molecule has 0 bridgehead atoms. The Hall–Kier alpha value is -2.34. The number of aliphatic hydroxyl groups excluding tert-OH is 1. The van der Waals surface area contributed by atoms with Crippen LogP contribution in [-0.4, -0.2) is 45.0 Å². The van der Waals surface area contributed by atoms with Gasteiger partial charge in [0.1, 0.15) is 0 Å². The van der Waals surface area contributed by atoms with Crippen molar-refractivity contribution in [2.45, 2.75) is 18.9 Å². The molecule has 1 aliphatic heterocycles. The van der Waals surface area contributed by atoms with Gasteiger partial charge in [-0.3, -0.25) is 0 Å². The number of para-hydroxylation sites is 2. The Morgan fingerprint density at radius 2 is 2.24 bits per heavy atom. The molecule has 21 heavy (non-hydrogen) atoms. The third-order valence-corrected chi connectivity index (χ3v) is 3.75. The SMILES string of the molecule is O=C(Nc1ccccc1-n1cccn1)N1CCC[C@H]1CO. The number of nitrogens with zero attached hydrogens (tertiary/aromatic N) is 3. The molecule has 1 aliphatic rings. The molecule has 0 aliphatic carbocycles. The molecule has 2 N–H and O–H groups in total. The van der Waals surface area contributed by atoms with Crippen LogP contribution in [0.1, 0.15) is 12.8 Å². The third kappa shape index (κ3) is 2.75. The summed E-state index contributed by atoms with van der Waals surface area (Å²) >= 11 is 0. The molecule has 1 fully saturated rings. The first-order chi connectivity index (χ1) is 10.3. The summed E-state index contributed by atoms with van der Waals surface area (Å²) in [4.78, 5) is 14.1. The van der Waals surface area contributed by atoms with Crippen molar-refractivity contribution in [1.82, 2.24) is 14.7 Å². The average molecular weight is 286 g/mol. The van der Waals surface area contributed by atoms with Crippen molar-refractivity contribution in [2.24, 2.45) is 0 Å². The zero-order valence-corrected chi connectivity index (χ0v) is 11.6. The number of benzene rings is 1. The fraction of sp³-hybridized carbons (Fsp3) is 0.333. The Balaban J connectivity index is 1.81. The molecule has 6 heteroatoms. The van der Waals surface area contributed by atoms with E-state index >= 15 is 0 Å². The van der Waals surface area contributed by atoms with Gasteiger partial charge >= 0.3 is 6.03 Å². The van der Waals surface area contributed by atoms with Gasteiger partial charge in [-0.1, -0.05) is 12.1 Å². The molecule has 2 heterocycles. The molecule has 0 saturated carbocycles. The highest BCUT2D eigenvalue weighted by Gasteiger charge is 2.28. The summed E-state index contributed by atoms with van der Waals surface area (Å²) in [6.45, 7) is 0.690. The Morgan fingerprint density at radius 3 is 3.00 bits per heavy atom. The van der Waals surface area contributed by atoms with Gasteiger partial charge in [0.25, 0.3) is 0 Å². The van der Waals surface area contributed by atoms with Gasteiger partial charge in [0.2, 0.25) is 0 Å². The zero-order valence-electron chi connectivity index (χ0n) is 11.6. The first kappa shape index (κ1) is 13.6. The Kier molecular flexibility index (Phi) is 3.87. The van der Waals surface area contributed by atoms with Gasteiger partial charge in [-0.15, -0.1) is 0 Å².